The Balaban J connectivity index is 3.08. The lowest BCUT2D eigenvalue weighted by molar-refractivity contribution is 1.58. The number of thiophene rings is 1. The van der Waals surface area contributed by atoms with Gasteiger partial charge in [-0.05, 0) is 18.4 Å². The summed E-state index contributed by atoms with van der Waals surface area (Å²) in [5.41, 5.74) is 6.41. The van der Waals surface area contributed by atoms with Gasteiger partial charge in [0.15, 0.2) is 0 Å². The van der Waals surface area contributed by atoms with E-state index in [0.717, 1.165) is 5.56 Å². The van der Waals surface area contributed by atoms with Crippen LogP contribution in [0.5, 0.6) is 0 Å². The second-order valence-electron chi connectivity index (χ2n) is 1.75. The van der Waals surface area contributed by atoms with Crippen molar-refractivity contribution in [2.45, 2.75) is 6.92 Å². The van der Waals surface area contributed by atoms with Crippen molar-refractivity contribution in [3.05, 3.63) is 21.9 Å². The Morgan fingerprint density at radius 3 is 2.67 bits per heavy atom. The molecule has 1 nitrogen and oxygen atoms in total. The van der Waals surface area contributed by atoms with Crippen molar-refractivity contribution in [2.75, 3.05) is 0 Å². The predicted molar refractivity (Wildman–Crippen MR) is 44.9 cm³/mol. The second-order valence-corrected chi connectivity index (χ2v) is 3.31. The first kappa shape index (κ1) is 6.71. The van der Waals surface area contributed by atoms with Gasteiger partial charge in [0.25, 0.3) is 0 Å². The van der Waals surface area contributed by atoms with Gasteiger partial charge >= 0.3 is 0 Å². The minimum absolute atomic E-state index is 0.494. The van der Waals surface area contributed by atoms with Gasteiger partial charge in [0.05, 0.1) is 0 Å². The molecule has 0 aliphatic heterocycles. The molecule has 2 N–H and O–H groups in total. The maximum atomic E-state index is 5.40. The van der Waals surface area contributed by atoms with Crippen LogP contribution in [-0.2, 0) is 0 Å². The fourth-order valence-electron chi connectivity index (χ4n) is 0.641. The quantitative estimate of drug-likeness (QED) is 0.628. The van der Waals surface area contributed by atoms with Gasteiger partial charge in [0.1, 0.15) is 4.99 Å². The SMILES string of the molecule is Cc1sccc1C(N)=S. The van der Waals surface area contributed by atoms with Gasteiger partial charge in [-0.3, -0.25) is 0 Å². The van der Waals surface area contributed by atoms with Crippen molar-refractivity contribution >= 4 is 28.5 Å². The zero-order chi connectivity index (χ0) is 6.85. The molecule has 1 aromatic rings. The molecular weight excluding hydrogens is 150 g/mol. The van der Waals surface area contributed by atoms with Crippen molar-refractivity contribution in [3.63, 3.8) is 0 Å². The summed E-state index contributed by atoms with van der Waals surface area (Å²) in [6, 6.07) is 1.95. The Bertz CT molecular complexity index is 227. The minimum Gasteiger partial charge on any atom is -0.389 e. The number of rotatable bonds is 1. The molecule has 0 bridgehead atoms. The number of aryl methyl sites for hydroxylation is 1. The topological polar surface area (TPSA) is 26.0 Å². The maximum Gasteiger partial charge on any atom is 0.105 e. The number of hydrogen-bond donors (Lipinski definition) is 1. The van der Waals surface area contributed by atoms with Crippen molar-refractivity contribution in [1.29, 1.82) is 0 Å². The second kappa shape index (κ2) is 2.45. The number of hydrogen-bond acceptors (Lipinski definition) is 2. The van der Waals surface area contributed by atoms with Gasteiger partial charge in [-0.25, -0.2) is 0 Å². The smallest absolute Gasteiger partial charge is 0.105 e. The molecule has 0 aliphatic rings. The molecule has 0 spiro atoms. The lowest BCUT2D eigenvalue weighted by Gasteiger charge is -1.91. The van der Waals surface area contributed by atoms with Crippen LogP contribution in [0.3, 0.4) is 0 Å². The summed E-state index contributed by atoms with van der Waals surface area (Å²) in [5.74, 6) is 0. The molecule has 0 radical (unpaired) electrons. The zero-order valence-electron chi connectivity index (χ0n) is 5.05. The van der Waals surface area contributed by atoms with Crippen LogP contribution in [0.25, 0.3) is 0 Å². The van der Waals surface area contributed by atoms with Gasteiger partial charge in [0.2, 0.25) is 0 Å². The van der Waals surface area contributed by atoms with Crippen LogP contribution in [0, 0.1) is 6.92 Å². The summed E-state index contributed by atoms with van der Waals surface area (Å²) in [6.07, 6.45) is 0. The summed E-state index contributed by atoms with van der Waals surface area (Å²) in [7, 11) is 0. The fraction of sp³-hybridized carbons (Fsp3) is 0.167. The van der Waals surface area contributed by atoms with Crippen molar-refractivity contribution in [2.24, 2.45) is 5.73 Å². The molecule has 0 fully saturated rings. The van der Waals surface area contributed by atoms with Crippen LogP contribution in [0.15, 0.2) is 11.4 Å². The Hall–Kier alpha value is -0.410. The third-order valence-corrected chi connectivity index (χ3v) is 2.19. The largest absolute Gasteiger partial charge is 0.389 e. The Morgan fingerprint density at radius 1 is 1.78 bits per heavy atom. The lowest BCUT2D eigenvalue weighted by atomic mass is 10.3. The normalized spacial score (nSPS) is 9.44. The highest BCUT2D eigenvalue weighted by Gasteiger charge is 1.99. The first-order valence-electron chi connectivity index (χ1n) is 2.55. The van der Waals surface area contributed by atoms with Gasteiger partial charge in [-0.2, -0.15) is 0 Å². The standard InChI is InChI=1S/C6H7NS2/c1-4-5(6(7)8)2-3-9-4/h2-3H,1H3,(H2,7,8). The monoisotopic (exact) mass is 157 g/mol. The minimum atomic E-state index is 0.494. The molecule has 0 aromatic carbocycles. The average molecular weight is 157 g/mol. The van der Waals surface area contributed by atoms with Crippen LogP contribution < -0.4 is 5.73 Å². The van der Waals surface area contributed by atoms with Crippen molar-refractivity contribution in [1.82, 2.24) is 0 Å². The Kier molecular flexibility index (Phi) is 1.83. The van der Waals surface area contributed by atoms with Crippen LogP contribution in [0.2, 0.25) is 0 Å². The highest BCUT2D eigenvalue weighted by Crippen LogP contribution is 2.13. The van der Waals surface area contributed by atoms with Gasteiger partial charge < -0.3 is 5.73 Å². The number of thiocarbonyl (C=S) groups is 1. The van der Waals surface area contributed by atoms with Gasteiger partial charge in [0, 0.05) is 10.4 Å². The molecule has 9 heavy (non-hydrogen) atoms. The summed E-state index contributed by atoms with van der Waals surface area (Å²) in [4.78, 5) is 1.69. The van der Waals surface area contributed by atoms with Crippen LogP contribution in [-0.4, -0.2) is 4.99 Å². The van der Waals surface area contributed by atoms with E-state index in [9.17, 15) is 0 Å². The molecule has 0 saturated heterocycles. The van der Waals surface area contributed by atoms with E-state index in [4.69, 9.17) is 18.0 Å². The third-order valence-electron chi connectivity index (χ3n) is 1.12. The van der Waals surface area contributed by atoms with E-state index >= 15 is 0 Å². The van der Waals surface area contributed by atoms with E-state index in [2.05, 4.69) is 0 Å². The lowest BCUT2D eigenvalue weighted by Crippen LogP contribution is -2.08. The van der Waals surface area contributed by atoms with Crippen LogP contribution in [0.4, 0.5) is 0 Å². The Labute approximate surface area is 63.5 Å². The predicted octanol–water partition coefficient (Wildman–Crippen LogP) is 1.69. The summed E-state index contributed by atoms with van der Waals surface area (Å²) in [5, 5.41) is 1.99. The average Bonchev–Trinajstić information content (AvgIpc) is 2.13. The molecule has 0 unspecified atom stereocenters. The van der Waals surface area contributed by atoms with E-state index in [1.54, 1.807) is 11.3 Å². The number of nitrogens with two attached hydrogens (primary N) is 1. The molecule has 1 aromatic heterocycles. The van der Waals surface area contributed by atoms with Crippen LogP contribution in [0.1, 0.15) is 10.4 Å². The summed E-state index contributed by atoms with van der Waals surface area (Å²) in [6.45, 7) is 2.01. The Morgan fingerprint density at radius 2 is 2.44 bits per heavy atom. The third kappa shape index (κ3) is 1.28. The summed E-state index contributed by atoms with van der Waals surface area (Å²) < 4.78 is 0. The zero-order valence-corrected chi connectivity index (χ0v) is 6.68. The van der Waals surface area contributed by atoms with Gasteiger partial charge in [-0.1, -0.05) is 12.2 Å². The summed E-state index contributed by atoms with van der Waals surface area (Å²) >= 11 is 6.45. The van der Waals surface area contributed by atoms with E-state index in [-0.39, 0.29) is 0 Å². The molecule has 1 heterocycles. The van der Waals surface area contributed by atoms with Gasteiger partial charge in [-0.15, -0.1) is 11.3 Å². The molecule has 0 aliphatic carbocycles. The highest BCUT2D eigenvalue weighted by atomic mass is 32.1. The highest BCUT2D eigenvalue weighted by molar-refractivity contribution is 7.80. The van der Waals surface area contributed by atoms with E-state index in [0.29, 0.717) is 4.99 Å². The first-order valence-corrected chi connectivity index (χ1v) is 3.84. The molecule has 0 amide bonds. The molecule has 0 saturated carbocycles. The molecule has 0 atom stereocenters. The molecule has 1 rings (SSSR count). The molecule has 3 heteroatoms. The van der Waals surface area contributed by atoms with E-state index in [1.807, 2.05) is 18.4 Å². The van der Waals surface area contributed by atoms with Crippen LogP contribution >= 0.6 is 23.6 Å². The molecular formula is C6H7NS2. The van der Waals surface area contributed by atoms with Crippen molar-refractivity contribution < 1.29 is 0 Å². The van der Waals surface area contributed by atoms with E-state index < -0.39 is 0 Å². The molecule has 48 valence electrons. The first-order chi connectivity index (χ1) is 4.22. The van der Waals surface area contributed by atoms with Crippen molar-refractivity contribution in [3.8, 4) is 0 Å². The van der Waals surface area contributed by atoms with E-state index in [1.165, 1.54) is 4.88 Å². The fourth-order valence-corrected chi connectivity index (χ4v) is 1.64. The maximum absolute atomic E-state index is 5.40.